The molecular weight excluding hydrogens is 464 g/mol. The van der Waals surface area contributed by atoms with Gasteiger partial charge in [0.15, 0.2) is 0 Å². The molecule has 1 unspecified atom stereocenters. The number of para-hydroxylation sites is 1. The number of phenolic OH excluding ortho intramolecular Hbond substituents is 1. The second kappa shape index (κ2) is 9.62. The maximum Gasteiger partial charge on any atom is 0.273 e. The summed E-state index contributed by atoms with van der Waals surface area (Å²) in [6.45, 7) is 0.876. The van der Waals surface area contributed by atoms with E-state index in [0.29, 0.717) is 30.1 Å². The molecule has 0 fully saturated rings. The Kier molecular flexibility index (Phi) is 5.86. The van der Waals surface area contributed by atoms with Gasteiger partial charge in [-0.1, -0.05) is 54.6 Å². The van der Waals surface area contributed by atoms with Crippen molar-refractivity contribution in [2.75, 3.05) is 0 Å². The van der Waals surface area contributed by atoms with Crippen molar-refractivity contribution in [2.45, 2.75) is 19.2 Å². The monoisotopic (exact) mass is 488 g/mol. The second-order valence-electron chi connectivity index (χ2n) is 8.91. The molecule has 1 aliphatic rings. The number of phenols is 1. The van der Waals surface area contributed by atoms with Crippen LogP contribution in [0.1, 0.15) is 38.8 Å². The molecule has 0 aliphatic carbocycles. The predicted molar refractivity (Wildman–Crippen MR) is 139 cm³/mol. The number of hydrogen-bond acceptors (Lipinski definition) is 5. The maximum absolute atomic E-state index is 13.6. The maximum atomic E-state index is 13.6. The Labute approximate surface area is 214 Å². The van der Waals surface area contributed by atoms with E-state index in [9.17, 15) is 9.90 Å². The SMILES string of the molecule is O=C1c2[nH]nc(-c3ccccc3O)c2C(c2ccc(OCc3ccccc3)cc2)N1Cc1ccncc1. The first-order chi connectivity index (χ1) is 18.2. The number of aromatic hydroxyl groups is 1. The molecule has 5 aromatic rings. The molecule has 6 rings (SSSR count). The first-order valence-electron chi connectivity index (χ1n) is 12.0. The summed E-state index contributed by atoms with van der Waals surface area (Å²) < 4.78 is 5.98. The smallest absolute Gasteiger partial charge is 0.273 e. The van der Waals surface area contributed by atoms with Gasteiger partial charge in [-0.2, -0.15) is 5.10 Å². The molecule has 2 aromatic heterocycles. The number of pyridine rings is 1. The van der Waals surface area contributed by atoms with Crippen LogP contribution >= 0.6 is 0 Å². The minimum Gasteiger partial charge on any atom is -0.507 e. The number of nitrogens with one attached hydrogen (secondary N) is 1. The standard InChI is InChI=1S/C30H24N4O3/c35-25-9-5-4-8-24(25)27-26-28(33-32-27)30(36)34(18-20-14-16-31-17-15-20)29(26)22-10-12-23(13-11-22)37-19-21-6-2-1-3-7-21/h1-17,29,35H,18-19H2,(H,32,33). The van der Waals surface area contributed by atoms with Crippen LogP contribution in [0.3, 0.4) is 0 Å². The topological polar surface area (TPSA) is 91.3 Å². The molecule has 182 valence electrons. The van der Waals surface area contributed by atoms with Gasteiger partial charge in [0.1, 0.15) is 29.5 Å². The Morgan fingerprint density at radius 1 is 0.865 bits per heavy atom. The molecule has 1 atom stereocenters. The molecule has 7 heteroatoms. The summed E-state index contributed by atoms with van der Waals surface area (Å²) in [6, 6.07) is 28.2. The van der Waals surface area contributed by atoms with Gasteiger partial charge in [-0.05, 0) is 53.1 Å². The minimum absolute atomic E-state index is 0.111. The Balaban J connectivity index is 1.37. The number of aromatic amines is 1. The highest BCUT2D eigenvalue weighted by Gasteiger charge is 2.42. The van der Waals surface area contributed by atoms with Crippen LogP contribution < -0.4 is 4.74 Å². The fraction of sp³-hybridized carbons (Fsp3) is 0.100. The molecular formula is C30H24N4O3. The third-order valence-corrected chi connectivity index (χ3v) is 6.57. The average Bonchev–Trinajstić information content (AvgIpc) is 3.48. The molecule has 37 heavy (non-hydrogen) atoms. The zero-order valence-corrected chi connectivity index (χ0v) is 19.9. The lowest BCUT2D eigenvalue weighted by Crippen LogP contribution is -2.29. The summed E-state index contributed by atoms with van der Waals surface area (Å²) in [5, 5.41) is 17.9. The molecule has 7 nitrogen and oxygen atoms in total. The second-order valence-corrected chi connectivity index (χ2v) is 8.91. The number of ether oxygens (including phenoxy) is 1. The molecule has 0 radical (unpaired) electrons. The number of aromatic nitrogens is 3. The van der Waals surface area contributed by atoms with Crippen molar-refractivity contribution in [3.63, 3.8) is 0 Å². The van der Waals surface area contributed by atoms with Crippen LogP contribution in [-0.4, -0.2) is 31.1 Å². The van der Waals surface area contributed by atoms with E-state index in [1.54, 1.807) is 30.6 Å². The van der Waals surface area contributed by atoms with Crippen molar-refractivity contribution in [3.8, 4) is 22.8 Å². The Bertz CT molecular complexity index is 1530. The largest absolute Gasteiger partial charge is 0.507 e. The molecule has 0 saturated carbocycles. The summed E-state index contributed by atoms with van der Waals surface area (Å²) in [7, 11) is 0. The average molecular weight is 489 g/mol. The number of amides is 1. The summed E-state index contributed by atoms with van der Waals surface area (Å²) in [5.41, 5.74) is 5.30. The van der Waals surface area contributed by atoms with Crippen molar-refractivity contribution >= 4 is 5.91 Å². The normalized spacial score (nSPS) is 14.5. The van der Waals surface area contributed by atoms with Crippen molar-refractivity contribution < 1.29 is 14.6 Å². The zero-order valence-electron chi connectivity index (χ0n) is 19.9. The van der Waals surface area contributed by atoms with Crippen molar-refractivity contribution in [3.05, 3.63) is 131 Å². The number of nitrogens with zero attached hydrogens (tertiary/aromatic N) is 3. The van der Waals surface area contributed by atoms with Gasteiger partial charge >= 0.3 is 0 Å². The van der Waals surface area contributed by atoms with E-state index in [2.05, 4.69) is 15.2 Å². The van der Waals surface area contributed by atoms with Gasteiger partial charge in [-0.25, -0.2) is 0 Å². The van der Waals surface area contributed by atoms with Crippen molar-refractivity contribution in [1.82, 2.24) is 20.1 Å². The molecule has 0 saturated heterocycles. The van der Waals surface area contributed by atoms with Gasteiger partial charge in [0, 0.05) is 30.1 Å². The van der Waals surface area contributed by atoms with Crippen molar-refractivity contribution in [1.29, 1.82) is 0 Å². The summed E-state index contributed by atoms with van der Waals surface area (Å²) in [6.07, 6.45) is 3.44. The quantitative estimate of drug-likeness (QED) is 0.316. The fourth-order valence-electron chi connectivity index (χ4n) is 4.76. The van der Waals surface area contributed by atoms with Crippen LogP contribution in [0.25, 0.3) is 11.3 Å². The van der Waals surface area contributed by atoms with E-state index < -0.39 is 6.04 Å². The number of benzene rings is 3. The van der Waals surface area contributed by atoms with E-state index >= 15 is 0 Å². The molecule has 3 aromatic carbocycles. The summed E-state index contributed by atoms with van der Waals surface area (Å²) in [5.74, 6) is 0.710. The van der Waals surface area contributed by atoms with E-state index in [0.717, 1.165) is 28.0 Å². The lowest BCUT2D eigenvalue weighted by molar-refractivity contribution is 0.0730. The zero-order chi connectivity index (χ0) is 25.2. The van der Waals surface area contributed by atoms with E-state index in [-0.39, 0.29) is 11.7 Å². The van der Waals surface area contributed by atoms with Crippen LogP contribution in [0.5, 0.6) is 11.5 Å². The predicted octanol–water partition coefficient (Wildman–Crippen LogP) is 5.50. The van der Waals surface area contributed by atoms with Crippen LogP contribution in [0, 0.1) is 0 Å². The third-order valence-electron chi connectivity index (χ3n) is 6.57. The highest BCUT2D eigenvalue weighted by Crippen LogP contribution is 2.45. The number of carbonyl (C=O) groups excluding carboxylic acids is 1. The number of H-pyrrole nitrogens is 1. The van der Waals surface area contributed by atoms with Crippen LogP contribution in [-0.2, 0) is 13.2 Å². The van der Waals surface area contributed by atoms with E-state index in [1.165, 1.54) is 0 Å². The van der Waals surface area contributed by atoms with Gasteiger partial charge < -0.3 is 14.7 Å². The number of hydrogen-bond donors (Lipinski definition) is 2. The Hall–Kier alpha value is -4.91. The van der Waals surface area contributed by atoms with Crippen LogP contribution in [0.15, 0.2) is 103 Å². The van der Waals surface area contributed by atoms with Crippen LogP contribution in [0.2, 0.25) is 0 Å². The van der Waals surface area contributed by atoms with E-state index in [1.807, 2.05) is 77.7 Å². The molecule has 0 bridgehead atoms. The molecule has 1 aliphatic heterocycles. The first kappa shape index (κ1) is 22.5. The Morgan fingerprint density at radius 3 is 2.35 bits per heavy atom. The first-order valence-corrected chi connectivity index (χ1v) is 12.0. The number of carbonyl (C=O) groups is 1. The Morgan fingerprint density at radius 2 is 1.59 bits per heavy atom. The lowest BCUT2D eigenvalue weighted by Gasteiger charge is -2.26. The lowest BCUT2D eigenvalue weighted by atomic mass is 9.95. The molecule has 1 amide bonds. The highest BCUT2D eigenvalue weighted by molar-refractivity contribution is 6.00. The van der Waals surface area contributed by atoms with Gasteiger partial charge in [-0.3, -0.25) is 14.9 Å². The number of fused-ring (bicyclic) bond motifs is 1. The van der Waals surface area contributed by atoms with Gasteiger partial charge in [0.25, 0.3) is 5.91 Å². The van der Waals surface area contributed by atoms with Gasteiger partial charge in [0.05, 0.1) is 6.04 Å². The van der Waals surface area contributed by atoms with Gasteiger partial charge in [0.2, 0.25) is 0 Å². The summed E-state index contributed by atoms with van der Waals surface area (Å²) in [4.78, 5) is 19.5. The molecule has 2 N–H and O–H groups in total. The van der Waals surface area contributed by atoms with E-state index in [4.69, 9.17) is 4.74 Å². The molecule has 3 heterocycles. The minimum atomic E-state index is -0.396. The van der Waals surface area contributed by atoms with Crippen LogP contribution in [0.4, 0.5) is 0 Å². The fourth-order valence-corrected chi connectivity index (χ4v) is 4.76. The number of rotatable bonds is 7. The van der Waals surface area contributed by atoms with Gasteiger partial charge in [-0.15, -0.1) is 0 Å². The highest BCUT2D eigenvalue weighted by atomic mass is 16.5. The third kappa shape index (κ3) is 4.31. The molecule has 0 spiro atoms. The van der Waals surface area contributed by atoms with Crippen molar-refractivity contribution in [2.24, 2.45) is 0 Å². The summed E-state index contributed by atoms with van der Waals surface area (Å²) >= 11 is 0.